The van der Waals surface area contributed by atoms with Gasteiger partial charge in [0.1, 0.15) is 5.75 Å². The van der Waals surface area contributed by atoms with E-state index in [0.717, 1.165) is 25.2 Å². The summed E-state index contributed by atoms with van der Waals surface area (Å²) in [4.78, 5) is 0. The Balaban J connectivity index is 2.27. The Morgan fingerprint density at radius 1 is 1.10 bits per heavy atom. The highest BCUT2D eigenvalue weighted by atomic mass is 16.5. The van der Waals surface area contributed by atoms with E-state index in [2.05, 4.69) is 43.3 Å². The van der Waals surface area contributed by atoms with Crippen LogP contribution in [-0.2, 0) is 6.42 Å². The molecule has 0 spiro atoms. The van der Waals surface area contributed by atoms with E-state index in [1.165, 1.54) is 29.2 Å². The standard InChI is InChI=1S/C18H25NO/c1-3-4-7-12-20-18-11-10-15-8-5-6-9-16(15)17(18)13-14(2)19/h5-6,8-11,14H,3-4,7,12-13,19H2,1-2H3. The lowest BCUT2D eigenvalue weighted by molar-refractivity contribution is 0.303. The predicted octanol–water partition coefficient (Wildman–Crippen LogP) is 4.30. The van der Waals surface area contributed by atoms with Gasteiger partial charge < -0.3 is 10.5 Å². The molecular weight excluding hydrogens is 246 g/mol. The topological polar surface area (TPSA) is 35.2 Å². The molecule has 2 heteroatoms. The van der Waals surface area contributed by atoms with Crippen LogP contribution in [0.1, 0.15) is 38.7 Å². The highest BCUT2D eigenvalue weighted by Gasteiger charge is 2.10. The Labute approximate surface area is 121 Å². The highest BCUT2D eigenvalue weighted by molar-refractivity contribution is 5.87. The number of fused-ring (bicyclic) bond motifs is 1. The van der Waals surface area contributed by atoms with Gasteiger partial charge in [0.05, 0.1) is 6.61 Å². The Bertz CT molecular complexity index is 548. The van der Waals surface area contributed by atoms with Crippen molar-refractivity contribution in [3.05, 3.63) is 42.0 Å². The van der Waals surface area contributed by atoms with Crippen molar-refractivity contribution in [3.63, 3.8) is 0 Å². The molecule has 0 aliphatic rings. The zero-order valence-corrected chi connectivity index (χ0v) is 12.6. The van der Waals surface area contributed by atoms with Crippen molar-refractivity contribution in [3.8, 4) is 5.75 Å². The van der Waals surface area contributed by atoms with Crippen LogP contribution in [0.4, 0.5) is 0 Å². The molecule has 0 aliphatic heterocycles. The number of unbranched alkanes of at least 4 members (excludes halogenated alkanes) is 2. The molecule has 1 atom stereocenters. The van der Waals surface area contributed by atoms with Gasteiger partial charge in [0.15, 0.2) is 0 Å². The molecule has 0 aliphatic carbocycles. The summed E-state index contributed by atoms with van der Waals surface area (Å²) in [6, 6.07) is 12.8. The Hall–Kier alpha value is -1.54. The third kappa shape index (κ3) is 3.73. The van der Waals surface area contributed by atoms with Gasteiger partial charge in [-0.2, -0.15) is 0 Å². The van der Waals surface area contributed by atoms with Gasteiger partial charge in [0, 0.05) is 11.6 Å². The third-order valence-electron chi connectivity index (χ3n) is 3.53. The molecule has 0 fully saturated rings. The van der Waals surface area contributed by atoms with Crippen LogP contribution in [0.3, 0.4) is 0 Å². The lowest BCUT2D eigenvalue weighted by Gasteiger charge is -2.16. The van der Waals surface area contributed by atoms with E-state index in [0.29, 0.717) is 0 Å². The van der Waals surface area contributed by atoms with E-state index in [9.17, 15) is 0 Å². The molecule has 20 heavy (non-hydrogen) atoms. The van der Waals surface area contributed by atoms with Crippen molar-refractivity contribution >= 4 is 10.8 Å². The number of benzene rings is 2. The van der Waals surface area contributed by atoms with E-state index in [1.54, 1.807) is 0 Å². The molecule has 2 aromatic rings. The van der Waals surface area contributed by atoms with Crippen LogP contribution in [0.15, 0.2) is 36.4 Å². The summed E-state index contributed by atoms with van der Waals surface area (Å²) in [6.45, 7) is 5.04. The SMILES string of the molecule is CCCCCOc1ccc2ccccc2c1CC(C)N. The number of hydrogen-bond donors (Lipinski definition) is 1. The monoisotopic (exact) mass is 271 g/mol. The maximum Gasteiger partial charge on any atom is 0.123 e. The maximum atomic E-state index is 6.01. The molecule has 2 aromatic carbocycles. The van der Waals surface area contributed by atoms with Gasteiger partial charge in [0.2, 0.25) is 0 Å². The number of nitrogens with two attached hydrogens (primary N) is 1. The lowest BCUT2D eigenvalue weighted by Crippen LogP contribution is -2.18. The fourth-order valence-corrected chi connectivity index (χ4v) is 2.52. The smallest absolute Gasteiger partial charge is 0.123 e. The van der Waals surface area contributed by atoms with Crippen LogP contribution in [0.5, 0.6) is 5.75 Å². The molecule has 2 N–H and O–H groups in total. The first kappa shape index (κ1) is 14.9. The molecule has 0 bridgehead atoms. The van der Waals surface area contributed by atoms with Gasteiger partial charge in [-0.3, -0.25) is 0 Å². The van der Waals surface area contributed by atoms with Crippen molar-refractivity contribution in [2.45, 2.75) is 45.6 Å². The molecule has 0 heterocycles. The first-order chi connectivity index (χ1) is 9.72. The molecule has 2 rings (SSSR count). The van der Waals surface area contributed by atoms with Gasteiger partial charge in [0.25, 0.3) is 0 Å². The fraction of sp³-hybridized carbons (Fsp3) is 0.444. The Morgan fingerprint density at radius 3 is 2.65 bits per heavy atom. The van der Waals surface area contributed by atoms with Crippen LogP contribution in [0.2, 0.25) is 0 Å². The first-order valence-electron chi connectivity index (χ1n) is 7.61. The molecule has 0 radical (unpaired) electrons. The van der Waals surface area contributed by atoms with Gasteiger partial charge >= 0.3 is 0 Å². The van der Waals surface area contributed by atoms with Crippen molar-refractivity contribution in [1.29, 1.82) is 0 Å². The maximum absolute atomic E-state index is 6.01. The second kappa shape index (κ2) is 7.30. The summed E-state index contributed by atoms with van der Waals surface area (Å²) in [5.41, 5.74) is 7.25. The lowest BCUT2D eigenvalue weighted by atomic mass is 9.98. The van der Waals surface area contributed by atoms with E-state index in [4.69, 9.17) is 10.5 Å². The number of hydrogen-bond acceptors (Lipinski definition) is 2. The summed E-state index contributed by atoms with van der Waals surface area (Å²) in [5.74, 6) is 0.997. The molecule has 1 unspecified atom stereocenters. The summed E-state index contributed by atoms with van der Waals surface area (Å²) in [7, 11) is 0. The quantitative estimate of drug-likeness (QED) is 0.762. The molecule has 2 nitrogen and oxygen atoms in total. The average molecular weight is 271 g/mol. The van der Waals surface area contributed by atoms with Crippen LogP contribution < -0.4 is 10.5 Å². The van der Waals surface area contributed by atoms with Crippen molar-refractivity contribution in [2.24, 2.45) is 5.73 Å². The zero-order chi connectivity index (χ0) is 14.4. The van der Waals surface area contributed by atoms with Crippen LogP contribution in [0.25, 0.3) is 10.8 Å². The Kier molecular flexibility index (Phi) is 5.42. The predicted molar refractivity (Wildman–Crippen MR) is 86.3 cm³/mol. The fourth-order valence-electron chi connectivity index (χ4n) is 2.52. The summed E-state index contributed by atoms with van der Waals surface area (Å²) < 4.78 is 5.99. The van der Waals surface area contributed by atoms with Crippen molar-refractivity contribution in [2.75, 3.05) is 6.61 Å². The molecule has 0 saturated heterocycles. The second-order valence-corrected chi connectivity index (χ2v) is 5.50. The van der Waals surface area contributed by atoms with Crippen LogP contribution in [-0.4, -0.2) is 12.6 Å². The molecule has 0 aromatic heterocycles. The second-order valence-electron chi connectivity index (χ2n) is 5.50. The normalized spacial score (nSPS) is 12.6. The van der Waals surface area contributed by atoms with Gasteiger partial charge in [-0.25, -0.2) is 0 Å². The minimum absolute atomic E-state index is 0.138. The first-order valence-corrected chi connectivity index (χ1v) is 7.61. The van der Waals surface area contributed by atoms with E-state index >= 15 is 0 Å². The molecule has 0 amide bonds. The molecule has 0 saturated carbocycles. The van der Waals surface area contributed by atoms with Gasteiger partial charge in [-0.05, 0) is 36.6 Å². The zero-order valence-electron chi connectivity index (χ0n) is 12.6. The van der Waals surface area contributed by atoms with Crippen LogP contribution >= 0.6 is 0 Å². The van der Waals surface area contributed by atoms with Gasteiger partial charge in [-0.1, -0.05) is 50.1 Å². The highest BCUT2D eigenvalue weighted by Crippen LogP contribution is 2.29. The average Bonchev–Trinajstić information content (AvgIpc) is 2.45. The van der Waals surface area contributed by atoms with E-state index in [-0.39, 0.29) is 6.04 Å². The minimum Gasteiger partial charge on any atom is -0.493 e. The van der Waals surface area contributed by atoms with E-state index in [1.807, 2.05) is 6.92 Å². The Morgan fingerprint density at radius 2 is 1.90 bits per heavy atom. The summed E-state index contributed by atoms with van der Waals surface area (Å²) in [6.07, 6.45) is 4.40. The third-order valence-corrected chi connectivity index (χ3v) is 3.53. The van der Waals surface area contributed by atoms with Crippen LogP contribution in [0, 0.1) is 0 Å². The largest absolute Gasteiger partial charge is 0.493 e. The minimum atomic E-state index is 0.138. The molecular formula is C18H25NO. The number of rotatable bonds is 7. The summed E-state index contributed by atoms with van der Waals surface area (Å²) in [5, 5.41) is 2.52. The molecule has 108 valence electrons. The van der Waals surface area contributed by atoms with E-state index < -0.39 is 0 Å². The van der Waals surface area contributed by atoms with Crippen molar-refractivity contribution in [1.82, 2.24) is 0 Å². The number of ether oxygens (including phenoxy) is 1. The van der Waals surface area contributed by atoms with Crippen molar-refractivity contribution < 1.29 is 4.74 Å². The van der Waals surface area contributed by atoms with Gasteiger partial charge in [-0.15, -0.1) is 0 Å². The summed E-state index contributed by atoms with van der Waals surface area (Å²) >= 11 is 0.